The van der Waals surface area contributed by atoms with E-state index in [1.165, 1.54) is 0 Å². The molecule has 0 spiro atoms. The van der Waals surface area contributed by atoms with Crippen LogP contribution in [0.2, 0.25) is 5.02 Å². The zero-order chi connectivity index (χ0) is 15.2. The number of hydrogen-bond acceptors (Lipinski definition) is 3. The summed E-state index contributed by atoms with van der Waals surface area (Å²) in [5.41, 5.74) is 7.94. The van der Waals surface area contributed by atoms with Crippen molar-refractivity contribution >= 4 is 11.6 Å². The predicted octanol–water partition coefficient (Wildman–Crippen LogP) is 3.87. The van der Waals surface area contributed by atoms with Gasteiger partial charge in [-0.3, -0.25) is 0 Å². The highest BCUT2D eigenvalue weighted by Crippen LogP contribution is 2.26. The van der Waals surface area contributed by atoms with E-state index < -0.39 is 0 Å². The Bertz CT molecular complexity index is 632. The van der Waals surface area contributed by atoms with E-state index >= 15 is 0 Å². The average molecular weight is 301 g/mol. The molecule has 0 saturated heterocycles. The van der Waals surface area contributed by atoms with Gasteiger partial charge in [0.1, 0.15) is 11.9 Å². The van der Waals surface area contributed by atoms with Crippen molar-refractivity contribution in [2.24, 2.45) is 5.73 Å². The van der Waals surface area contributed by atoms with Crippen molar-refractivity contribution in [3.05, 3.63) is 64.7 Å². The molecule has 0 aromatic heterocycles. The fourth-order valence-corrected chi connectivity index (χ4v) is 2.28. The number of nitrogens with two attached hydrogens (primary N) is 1. The van der Waals surface area contributed by atoms with Crippen molar-refractivity contribution in [2.45, 2.75) is 25.5 Å². The van der Waals surface area contributed by atoms with Crippen molar-refractivity contribution in [1.82, 2.24) is 0 Å². The van der Waals surface area contributed by atoms with Crippen LogP contribution < -0.4 is 10.5 Å². The van der Waals surface area contributed by atoms with Crippen LogP contribution in [0.5, 0.6) is 5.75 Å². The third-order valence-electron chi connectivity index (χ3n) is 3.12. The van der Waals surface area contributed by atoms with Crippen molar-refractivity contribution in [3.63, 3.8) is 0 Å². The largest absolute Gasteiger partial charge is 0.484 e. The zero-order valence-corrected chi connectivity index (χ0v) is 12.5. The Hall–Kier alpha value is -2.02. The third-order valence-corrected chi connectivity index (χ3v) is 3.36. The Kier molecular flexibility index (Phi) is 5.21. The van der Waals surface area contributed by atoms with Crippen LogP contribution in [0.1, 0.15) is 24.2 Å². The van der Waals surface area contributed by atoms with Crippen LogP contribution >= 0.6 is 11.6 Å². The van der Waals surface area contributed by atoms with Crippen LogP contribution in [0.15, 0.2) is 48.5 Å². The van der Waals surface area contributed by atoms with Crippen molar-refractivity contribution < 1.29 is 4.74 Å². The molecule has 0 saturated carbocycles. The van der Waals surface area contributed by atoms with E-state index in [2.05, 4.69) is 6.07 Å². The minimum absolute atomic E-state index is 0.178. The van der Waals surface area contributed by atoms with Crippen LogP contribution in [-0.2, 0) is 6.42 Å². The second kappa shape index (κ2) is 7.12. The molecule has 3 nitrogen and oxygen atoms in total. The number of ether oxygens (including phenoxy) is 1. The fraction of sp³-hybridized carbons (Fsp3) is 0.235. The summed E-state index contributed by atoms with van der Waals surface area (Å²) in [7, 11) is 0. The highest BCUT2D eigenvalue weighted by Gasteiger charge is 2.18. The molecule has 2 atom stereocenters. The molecule has 0 amide bonds. The zero-order valence-electron chi connectivity index (χ0n) is 11.8. The standard InChI is InChI=1S/C17H17ClN2O/c1-12(20)17(14-3-2-4-15(18)11-14)21-16-7-5-13(6-8-16)9-10-19/h2-8,11-12,17H,9,20H2,1H3. The molecule has 2 unspecified atom stereocenters. The molecule has 108 valence electrons. The smallest absolute Gasteiger partial charge is 0.138 e. The first-order valence-electron chi connectivity index (χ1n) is 6.73. The van der Waals surface area contributed by atoms with Crippen LogP contribution in [0.4, 0.5) is 0 Å². The molecular formula is C17H17ClN2O. The van der Waals surface area contributed by atoms with Gasteiger partial charge in [-0.15, -0.1) is 0 Å². The predicted molar refractivity (Wildman–Crippen MR) is 84.2 cm³/mol. The third kappa shape index (κ3) is 4.22. The fourth-order valence-electron chi connectivity index (χ4n) is 2.09. The summed E-state index contributed by atoms with van der Waals surface area (Å²) in [6, 6.07) is 16.9. The SMILES string of the molecule is CC(N)C(Oc1ccc(CC#N)cc1)c1cccc(Cl)c1. The molecule has 2 aromatic carbocycles. The summed E-state index contributed by atoms with van der Waals surface area (Å²) >= 11 is 6.03. The van der Waals surface area contributed by atoms with Crippen molar-refractivity contribution in [2.75, 3.05) is 0 Å². The number of hydrogen-bond donors (Lipinski definition) is 1. The maximum absolute atomic E-state index is 8.67. The van der Waals surface area contributed by atoms with Crippen LogP contribution in [0.25, 0.3) is 0 Å². The van der Waals surface area contributed by atoms with E-state index in [1.54, 1.807) is 0 Å². The molecule has 0 bridgehead atoms. The van der Waals surface area contributed by atoms with Crippen LogP contribution in [0.3, 0.4) is 0 Å². The monoisotopic (exact) mass is 300 g/mol. The highest BCUT2D eigenvalue weighted by molar-refractivity contribution is 6.30. The minimum Gasteiger partial charge on any atom is -0.484 e. The molecule has 21 heavy (non-hydrogen) atoms. The molecule has 2 aromatic rings. The van der Waals surface area contributed by atoms with E-state index in [0.717, 1.165) is 16.9 Å². The lowest BCUT2D eigenvalue weighted by molar-refractivity contribution is 0.180. The molecule has 0 radical (unpaired) electrons. The molecule has 2 N–H and O–H groups in total. The summed E-state index contributed by atoms with van der Waals surface area (Å²) < 4.78 is 5.98. The quantitative estimate of drug-likeness (QED) is 0.911. The van der Waals surface area contributed by atoms with E-state index in [0.29, 0.717) is 11.4 Å². The molecule has 2 rings (SSSR count). The Morgan fingerprint density at radius 3 is 2.52 bits per heavy atom. The van der Waals surface area contributed by atoms with Gasteiger partial charge >= 0.3 is 0 Å². The first-order valence-corrected chi connectivity index (χ1v) is 7.11. The lowest BCUT2D eigenvalue weighted by Crippen LogP contribution is -2.29. The maximum atomic E-state index is 8.67. The van der Waals surface area contributed by atoms with E-state index in [1.807, 2.05) is 55.5 Å². The average Bonchev–Trinajstić information content (AvgIpc) is 2.46. The van der Waals surface area contributed by atoms with Gasteiger partial charge in [0.15, 0.2) is 0 Å². The normalized spacial score (nSPS) is 13.2. The van der Waals surface area contributed by atoms with Gasteiger partial charge in [-0.2, -0.15) is 5.26 Å². The summed E-state index contributed by atoms with van der Waals surface area (Å²) in [5, 5.41) is 9.33. The van der Waals surface area contributed by atoms with Gasteiger partial charge in [0.25, 0.3) is 0 Å². The maximum Gasteiger partial charge on any atom is 0.138 e. The lowest BCUT2D eigenvalue weighted by atomic mass is 10.0. The molecule has 4 heteroatoms. The molecule has 0 aliphatic heterocycles. The number of rotatable bonds is 5. The van der Waals surface area contributed by atoms with E-state index in [4.69, 9.17) is 27.3 Å². The number of nitriles is 1. The summed E-state index contributed by atoms with van der Waals surface area (Å²) in [5.74, 6) is 0.721. The first kappa shape index (κ1) is 15.4. The molecule has 0 heterocycles. The number of nitrogens with zero attached hydrogens (tertiary/aromatic N) is 1. The summed E-state index contributed by atoms with van der Waals surface area (Å²) in [6.45, 7) is 1.90. The Morgan fingerprint density at radius 2 is 1.95 bits per heavy atom. The molecule has 0 aliphatic rings. The molecular weight excluding hydrogens is 284 g/mol. The van der Waals surface area contributed by atoms with Crippen LogP contribution in [-0.4, -0.2) is 6.04 Å². The summed E-state index contributed by atoms with van der Waals surface area (Å²) in [4.78, 5) is 0. The van der Waals surface area contributed by atoms with Gasteiger partial charge in [-0.25, -0.2) is 0 Å². The summed E-state index contributed by atoms with van der Waals surface area (Å²) in [6.07, 6.45) is 0.121. The second-order valence-electron chi connectivity index (χ2n) is 4.93. The van der Waals surface area contributed by atoms with Gasteiger partial charge < -0.3 is 10.5 Å². The Balaban J connectivity index is 2.19. The second-order valence-corrected chi connectivity index (χ2v) is 5.37. The van der Waals surface area contributed by atoms with Gasteiger partial charge in [0, 0.05) is 11.1 Å². The Labute approximate surface area is 129 Å². The Morgan fingerprint density at radius 1 is 1.24 bits per heavy atom. The van der Waals surface area contributed by atoms with Gasteiger partial charge in [0.2, 0.25) is 0 Å². The van der Waals surface area contributed by atoms with Gasteiger partial charge in [0.05, 0.1) is 12.5 Å². The lowest BCUT2D eigenvalue weighted by Gasteiger charge is -2.23. The van der Waals surface area contributed by atoms with Crippen molar-refractivity contribution in [1.29, 1.82) is 5.26 Å². The van der Waals surface area contributed by atoms with E-state index in [9.17, 15) is 0 Å². The minimum atomic E-state index is -0.273. The van der Waals surface area contributed by atoms with Crippen LogP contribution in [0, 0.1) is 11.3 Å². The van der Waals surface area contributed by atoms with Gasteiger partial charge in [-0.05, 0) is 42.3 Å². The van der Waals surface area contributed by atoms with Crippen molar-refractivity contribution in [3.8, 4) is 11.8 Å². The highest BCUT2D eigenvalue weighted by atomic mass is 35.5. The molecule has 0 aliphatic carbocycles. The van der Waals surface area contributed by atoms with Gasteiger partial charge in [-0.1, -0.05) is 35.9 Å². The number of halogens is 1. The first-order chi connectivity index (χ1) is 10.1. The van der Waals surface area contributed by atoms with E-state index in [-0.39, 0.29) is 12.1 Å². The molecule has 0 fully saturated rings. The topological polar surface area (TPSA) is 59.0 Å². The number of benzene rings is 2.